The highest BCUT2D eigenvalue weighted by atomic mass is 19.1. The summed E-state index contributed by atoms with van der Waals surface area (Å²) < 4.78 is 14.3. The van der Waals surface area contributed by atoms with Gasteiger partial charge in [0.15, 0.2) is 5.78 Å². The molecule has 4 rings (SSSR count). The molecule has 0 bridgehead atoms. The second-order valence-corrected chi connectivity index (χ2v) is 8.92. The van der Waals surface area contributed by atoms with Crippen molar-refractivity contribution >= 4 is 22.7 Å². The second kappa shape index (κ2) is 12.9. The molecule has 1 fully saturated rings. The Hall–Kier alpha value is -3.59. The molecule has 0 unspecified atom stereocenters. The van der Waals surface area contributed by atoms with Crippen LogP contribution in [0.5, 0.6) is 0 Å². The van der Waals surface area contributed by atoms with Gasteiger partial charge in [-0.1, -0.05) is 25.5 Å². The number of aromatic nitrogens is 2. The van der Waals surface area contributed by atoms with Crippen molar-refractivity contribution in [2.24, 2.45) is 5.92 Å². The Morgan fingerprint density at radius 2 is 1.69 bits per heavy atom. The van der Waals surface area contributed by atoms with Gasteiger partial charge in [-0.05, 0) is 68.8 Å². The number of carbonyl (C=O) groups is 2. The topological polar surface area (TPSA) is 112 Å². The van der Waals surface area contributed by atoms with Crippen LogP contribution in [0.15, 0.2) is 58.1 Å². The van der Waals surface area contributed by atoms with E-state index in [0.717, 1.165) is 25.9 Å². The van der Waals surface area contributed by atoms with Gasteiger partial charge in [-0.3, -0.25) is 19.0 Å². The predicted molar refractivity (Wildman–Crippen MR) is 136 cm³/mol. The molecule has 0 spiro atoms. The number of aliphatic carboxylic acids is 1. The molecular formula is C27H32FN3O5. The lowest BCUT2D eigenvalue weighted by Crippen LogP contribution is -2.42. The largest absolute Gasteiger partial charge is 0.481 e. The van der Waals surface area contributed by atoms with Gasteiger partial charge in [0.2, 0.25) is 0 Å². The number of fused-ring (bicyclic) bond motifs is 1. The molecule has 8 nitrogen and oxygen atoms in total. The van der Waals surface area contributed by atoms with E-state index in [1.165, 1.54) is 28.8 Å². The lowest BCUT2D eigenvalue weighted by molar-refractivity contribution is -0.137. The summed E-state index contributed by atoms with van der Waals surface area (Å²) in [5.74, 6) is -1.08. The molecule has 2 heterocycles. The van der Waals surface area contributed by atoms with Crippen molar-refractivity contribution < 1.29 is 19.1 Å². The highest BCUT2D eigenvalue weighted by Crippen LogP contribution is 2.22. The zero-order chi connectivity index (χ0) is 26.1. The molecule has 0 saturated carbocycles. The number of nitrogens with one attached hydrogen (secondary N) is 1. The lowest BCUT2D eigenvalue weighted by Gasteiger charge is -2.31. The number of Topliss-reactive ketones (excluding diaryl/α,β-unsaturated/α-hetero) is 1. The van der Waals surface area contributed by atoms with Gasteiger partial charge in [0.05, 0.1) is 10.9 Å². The van der Waals surface area contributed by atoms with Crippen LogP contribution in [-0.4, -0.2) is 50.9 Å². The van der Waals surface area contributed by atoms with Crippen LogP contribution in [0.3, 0.4) is 0 Å². The van der Waals surface area contributed by atoms with E-state index in [0.29, 0.717) is 48.8 Å². The number of benzene rings is 2. The van der Waals surface area contributed by atoms with E-state index >= 15 is 0 Å². The molecule has 192 valence electrons. The van der Waals surface area contributed by atoms with E-state index in [1.807, 2.05) is 6.92 Å². The number of carboxylic acids is 1. The van der Waals surface area contributed by atoms with E-state index in [-0.39, 0.29) is 23.1 Å². The highest BCUT2D eigenvalue weighted by molar-refractivity contribution is 5.97. The van der Waals surface area contributed by atoms with Gasteiger partial charge in [0.1, 0.15) is 5.82 Å². The normalized spacial score (nSPS) is 14.3. The maximum Gasteiger partial charge on any atom is 0.328 e. The number of likely N-dealkylation sites (tertiary alicyclic amines) is 1. The molecule has 0 aliphatic carbocycles. The Balaban J connectivity index is 0.000000454. The zero-order valence-electron chi connectivity index (χ0n) is 20.4. The molecule has 2 N–H and O–H groups in total. The van der Waals surface area contributed by atoms with Crippen molar-refractivity contribution in [3.05, 3.63) is 80.7 Å². The number of carbonyl (C=O) groups excluding carboxylic acids is 1. The standard InChI is InChI=1S/C22H22FN3O3.C5H10O2/c23-17-7-5-15(6-8-17)20(27)16-9-11-25(12-10-16)13-14-26-21(28)18-3-1-2-4-19(18)24-22(26)29;1-2-3-4-5(6)7/h1-8,16H,9-14H2,(H,24,29);2-4H2,1H3,(H,6,7). The second-order valence-electron chi connectivity index (χ2n) is 8.92. The van der Waals surface area contributed by atoms with Crippen LogP contribution >= 0.6 is 0 Å². The van der Waals surface area contributed by atoms with Gasteiger partial charge < -0.3 is 15.0 Å². The van der Waals surface area contributed by atoms with Gasteiger partial charge >= 0.3 is 11.7 Å². The van der Waals surface area contributed by atoms with Crippen molar-refractivity contribution in [3.63, 3.8) is 0 Å². The minimum Gasteiger partial charge on any atom is -0.481 e. The van der Waals surface area contributed by atoms with Crippen LogP contribution in [0.1, 0.15) is 49.4 Å². The molecule has 1 aliphatic heterocycles. The molecule has 1 aromatic heterocycles. The smallest absolute Gasteiger partial charge is 0.328 e. The third-order valence-corrected chi connectivity index (χ3v) is 6.36. The molecule has 0 amide bonds. The Bertz CT molecular complexity index is 1290. The van der Waals surface area contributed by atoms with Crippen LogP contribution in [0, 0.1) is 11.7 Å². The van der Waals surface area contributed by atoms with Crippen molar-refractivity contribution in [1.29, 1.82) is 0 Å². The number of carboxylic acid groups (broad SMARTS) is 1. The number of ketones is 1. The fourth-order valence-electron chi connectivity index (χ4n) is 4.24. The summed E-state index contributed by atoms with van der Waals surface area (Å²) in [5, 5.41) is 8.54. The number of piperidine rings is 1. The number of rotatable bonds is 8. The van der Waals surface area contributed by atoms with Gasteiger partial charge in [-0.25, -0.2) is 9.18 Å². The molecular weight excluding hydrogens is 465 g/mol. The third kappa shape index (κ3) is 7.21. The summed E-state index contributed by atoms with van der Waals surface area (Å²) >= 11 is 0. The number of para-hydroxylation sites is 1. The van der Waals surface area contributed by atoms with Crippen molar-refractivity contribution in [2.45, 2.75) is 45.6 Å². The van der Waals surface area contributed by atoms with Crippen LogP contribution in [-0.2, 0) is 11.3 Å². The Morgan fingerprint density at radius 3 is 2.31 bits per heavy atom. The summed E-state index contributed by atoms with van der Waals surface area (Å²) in [6.07, 6.45) is 3.50. The molecule has 2 aromatic carbocycles. The third-order valence-electron chi connectivity index (χ3n) is 6.36. The first kappa shape index (κ1) is 27.0. The Labute approximate surface area is 208 Å². The monoisotopic (exact) mass is 497 g/mol. The van der Waals surface area contributed by atoms with Crippen molar-refractivity contribution in [2.75, 3.05) is 19.6 Å². The minimum absolute atomic E-state index is 0.0480. The minimum atomic E-state index is -0.693. The molecule has 3 aromatic rings. The van der Waals surface area contributed by atoms with E-state index in [4.69, 9.17) is 5.11 Å². The highest BCUT2D eigenvalue weighted by Gasteiger charge is 2.25. The number of H-pyrrole nitrogens is 1. The van der Waals surface area contributed by atoms with E-state index < -0.39 is 11.7 Å². The molecule has 0 radical (unpaired) electrons. The van der Waals surface area contributed by atoms with Gasteiger partial charge in [-0.2, -0.15) is 0 Å². The molecule has 0 atom stereocenters. The first-order valence-electron chi connectivity index (χ1n) is 12.3. The van der Waals surface area contributed by atoms with Crippen molar-refractivity contribution in [3.8, 4) is 0 Å². The summed E-state index contributed by atoms with van der Waals surface area (Å²) in [4.78, 5) is 52.1. The van der Waals surface area contributed by atoms with Crippen LogP contribution in [0.2, 0.25) is 0 Å². The number of hydrogen-bond acceptors (Lipinski definition) is 5. The molecule has 1 aliphatic rings. The van der Waals surface area contributed by atoms with Gasteiger partial charge in [0.25, 0.3) is 5.56 Å². The summed E-state index contributed by atoms with van der Waals surface area (Å²) in [6.45, 7) is 4.28. The average Bonchev–Trinajstić information content (AvgIpc) is 2.88. The fraction of sp³-hybridized carbons (Fsp3) is 0.407. The molecule has 1 saturated heterocycles. The van der Waals surface area contributed by atoms with Crippen LogP contribution in [0.25, 0.3) is 10.9 Å². The van der Waals surface area contributed by atoms with Crippen LogP contribution in [0.4, 0.5) is 4.39 Å². The number of nitrogens with zero attached hydrogens (tertiary/aromatic N) is 2. The van der Waals surface area contributed by atoms with E-state index in [9.17, 15) is 23.6 Å². The van der Waals surface area contributed by atoms with E-state index in [1.54, 1.807) is 24.3 Å². The van der Waals surface area contributed by atoms with E-state index in [2.05, 4.69) is 9.88 Å². The first-order valence-corrected chi connectivity index (χ1v) is 12.3. The summed E-state index contributed by atoms with van der Waals surface area (Å²) in [7, 11) is 0. The summed E-state index contributed by atoms with van der Waals surface area (Å²) in [6, 6.07) is 12.6. The molecule has 9 heteroatoms. The number of halogens is 1. The summed E-state index contributed by atoms with van der Waals surface area (Å²) in [5.41, 5.74) is 0.388. The zero-order valence-corrected chi connectivity index (χ0v) is 20.4. The first-order chi connectivity index (χ1) is 17.3. The van der Waals surface area contributed by atoms with Crippen molar-refractivity contribution in [1.82, 2.24) is 14.5 Å². The number of aromatic amines is 1. The molecule has 36 heavy (non-hydrogen) atoms. The maximum absolute atomic E-state index is 13.0. The average molecular weight is 498 g/mol. The number of hydrogen-bond donors (Lipinski definition) is 2. The van der Waals surface area contributed by atoms with Gasteiger partial charge in [-0.15, -0.1) is 0 Å². The lowest BCUT2D eigenvalue weighted by atomic mass is 9.89. The maximum atomic E-state index is 13.0. The van der Waals surface area contributed by atoms with Gasteiger partial charge in [0, 0.05) is 31.0 Å². The quantitative estimate of drug-likeness (QED) is 0.459. The van der Waals surface area contributed by atoms with Crippen LogP contribution < -0.4 is 11.2 Å². The Kier molecular flexibility index (Phi) is 9.69. The Morgan fingerprint density at radius 1 is 1.03 bits per heavy atom. The fourth-order valence-corrected chi connectivity index (χ4v) is 4.24. The predicted octanol–water partition coefficient (Wildman–Crippen LogP) is 3.69. The SMILES string of the molecule is CCCCC(=O)O.O=C(c1ccc(F)cc1)C1CCN(CCn2c(=O)[nH]c3ccccc3c2=O)CC1. The number of unbranched alkanes of at least 4 members (excludes halogenated alkanes) is 1.